The Labute approximate surface area is 155 Å². The number of carbonyl (C=O) groups is 1. The zero-order chi connectivity index (χ0) is 18.5. The fourth-order valence-corrected chi connectivity index (χ4v) is 3.73. The second-order valence-electron chi connectivity index (χ2n) is 6.82. The van der Waals surface area contributed by atoms with Crippen LogP contribution in [0.25, 0.3) is 0 Å². The topological polar surface area (TPSA) is 63.3 Å². The average molecular weight is 363 g/mol. The SMILES string of the molecule is COc1cc(CN2CCN(C(=O)C3CCNC3)CC2)cc(OC)c1OC. The normalized spacial score (nSPS) is 20.9. The van der Waals surface area contributed by atoms with E-state index < -0.39 is 0 Å². The molecule has 0 saturated carbocycles. The highest BCUT2D eigenvalue weighted by molar-refractivity contribution is 5.79. The van der Waals surface area contributed by atoms with Gasteiger partial charge in [0.2, 0.25) is 11.7 Å². The molecule has 2 saturated heterocycles. The van der Waals surface area contributed by atoms with E-state index in [0.29, 0.717) is 23.2 Å². The van der Waals surface area contributed by atoms with Crippen LogP contribution < -0.4 is 19.5 Å². The van der Waals surface area contributed by atoms with Crippen molar-refractivity contribution in [3.05, 3.63) is 17.7 Å². The van der Waals surface area contributed by atoms with Crippen LogP contribution in [0.5, 0.6) is 17.2 Å². The highest BCUT2D eigenvalue weighted by Crippen LogP contribution is 2.38. The minimum atomic E-state index is 0.164. The summed E-state index contributed by atoms with van der Waals surface area (Å²) in [5.41, 5.74) is 1.11. The molecule has 0 aliphatic carbocycles. The summed E-state index contributed by atoms with van der Waals surface area (Å²) >= 11 is 0. The summed E-state index contributed by atoms with van der Waals surface area (Å²) in [5.74, 6) is 2.42. The van der Waals surface area contributed by atoms with Gasteiger partial charge in [0.1, 0.15) is 0 Å². The van der Waals surface area contributed by atoms with E-state index in [2.05, 4.69) is 10.2 Å². The predicted octanol–water partition coefficient (Wildman–Crippen LogP) is 0.966. The van der Waals surface area contributed by atoms with E-state index in [0.717, 1.165) is 57.8 Å². The number of nitrogens with zero attached hydrogens (tertiary/aromatic N) is 2. The predicted molar refractivity (Wildman–Crippen MR) is 98.9 cm³/mol. The van der Waals surface area contributed by atoms with E-state index >= 15 is 0 Å². The Hall–Kier alpha value is -1.99. The molecule has 0 aromatic heterocycles. The second-order valence-corrected chi connectivity index (χ2v) is 6.82. The number of carbonyl (C=O) groups excluding carboxylic acids is 1. The van der Waals surface area contributed by atoms with Gasteiger partial charge in [-0.3, -0.25) is 9.69 Å². The van der Waals surface area contributed by atoms with Crippen molar-refractivity contribution in [3.63, 3.8) is 0 Å². The number of amides is 1. The first-order valence-corrected chi connectivity index (χ1v) is 9.17. The Bertz CT molecular complexity index is 598. The minimum Gasteiger partial charge on any atom is -0.493 e. The summed E-state index contributed by atoms with van der Waals surface area (Å²) in [5, 5.41) is 3.27. The first-order valence-electron chi connectivity index (χ1n) is 9.17. The Morgan fingerprint density at radius 3 is 2.23 bits per heavy atom. The monoisotopic (exact) mass is 363 g/mol. The minimum absolute atomic E-state index is 0.164. The molecule has 0 radical (unpaired) electrons. The first kappa shape index (κ1) is 18.8. The molecule has 7 nitrogen and oxygen atoms in total. The van der Waals surface area contributed by atoms with Gasteiger partial charge in [-0.15, -0.1) is 0 Å². The lowest BCUT2D eigenvalue weighted by Gasteiger charge is -2.36. The van der Waals surface area contributed by atoms with E-state index in [1.165, 1.54) is 0 Å². The molecule has 1 amide bonds. The van der Waals surface area contributed by atoms with Crippen molar-refractivity contribution in [2.45, 2.75) is 13.0 Å². The average Bonchev–Trinajstić information content (AvgIpc) is 3.22. The van der Waals surface area contributed by atoms with Gasteiger partial charge < -0.3 is 24.4 Å². The maximum atomic E-state index is 12.5. The smallest absolute Gasteiger partial charge is 0.227 e. The van der Waals surface area contributed by atoms with Crippen LogP contribution in [-0.2, 0) is 11.3 Å². The van der Waals surface area contributed by atoms with Crippen LogP contribution in [0.2, 0.25) is 0 Å². The molecule has 144 valence electrons. The van der Waals surface area contributed by atoms with Crippen LogP contribution in [0.15, 0.2) is 12.1 Å². The molecule has 7 heteroatoms. The second kappa shape index (κ2) is 8.60. The molecule has 2 aliphatic rings. The third-order valence-electron chi connectivity index (χ3n) is 5.22. The number of hydrogen-bond acceptors (Lipinski definition) is 6. The molecule has 1 aromatic carbocycles. The molecule has 26 heavy (non-hydrogen) atoms. The van der Waals surface area contributed by atoms with Gasteiger partial charge in [0.15, 0.2) is 11.5 Å². The van der Waals surface area contributed by atoms with Crippen molar-refractivity contribution in [1.82, 2.24) is 15.1 Å². The Balaban J connectivity index is 1.59. The van der Waals surface area contributed by atoms with Gasteiger partial charge in [-0.1, -0.05) is 0 Å². The van der Waals surface area contributed by atoms with Crippen molar-refractivity contribution < 1.29 is 19.0 Å². The van der Waals surface area contributed by atoms with Crippen molar-refractivity contribution in [3.8, 4) is 17.2 Å². The lowest BCUT2D eigenvalue weighted by atomic mass is 10.1. The van der Waals surface area contributed by atoms with Gasteiger partial charge in [0.05, 0.1) is 27.2 Å². The number of benzene rings is 1. The number of nitrogens with one attached hydrogen (secondary N) is 1. The standard InChI is InChI=1S/C19H29N3O4/c1-24-16-10-14(11-17(25-2)18(16)26-3)13-21-6-8-22(9-7-21)19(23)15-4-5-20-12-15/h10-11,15,20H,4-9,12-13H2,1-3H3. The molecule has 0 spiro atoms. The third kappa shape index (κ3) is 4.04. The first-order chi connectivity index (χ1) is 12.7. The van der Waals surface area contributed by atoms with Crippen molar-refractivity contribution in [2.75, 3.05) is 60.6 Å². The van der Waals surface area contributed by atoms with Crippen LogP contribution in [0.4, 0.5) is 0 Å². The van der Waals surface area contributed by atoms with Crippen LogP contribution in [-0.4, -0.2) is 76.3 Å². The summed E-state index contributed by atoms with van der Waals surface area (Å²) in [4.78, 5) is 16.9. The van der Waals surface area contributed by atoms with Crippen LogP contribution in [0.3, 0.4) is 0 Å². The maximum absolute atomic E-state index is 12.5. The molecule has 1 unspecified atom stereocenters. The number of piperazine rings is 1. The van der Waals surface area contributed by atoms with Crippen molar-refractivity contribution in [1.29, 1.82) is 0 Å². The number of ether oxygens (including phenoxy) is 3. The summed E-state index contributed by atoms with van der Waals surface area (Å²) in [7, 11) is 4.86. The number of hydrogen-bond donors (Lipinski definition) is 1. The molecule has 2 fully saturated rings. The molecule has 2 aliphatic heterocycles. The fourth-order valence-electron chi connectivity index (χ4n) is 3.73. The molecular weight excluding hydrogens is 334 g/mol. The zero-order valence-corrected chi connectivity index (χ0v) is 15.9. The van der Waals surface area contributed by atoms with Gasteiger partial charge in [-0.2, -0.15) is 0 Å². The molecule has 1 N–H and O–H groups in total. The van der Waals surface area contributed by atoms with Gasteiger partial charge in [-0.25, -0.2) is 0 Å². The molecular formula is C19H29N3O4. The van der Waals surface area contributed by atoms with E-state index in [9.17, 15) is 4.79 Å². The quantitative estimate of drug-likeness (QED) is 0.813. The van der Waals surface area contributed by atoms with E-state index in [1.54, 1.807) is 21.3 Å². The Kier molecular flexibility index (Phi) is 6.21. The fraction of sp³-hybridized carbons (Fsp3) is 0.632. The lowest BCUT2D eigenvalue weighted by Crippen LogP contribution is -2.50. The van der Waals surface area contributed by atoms with Crippen molar-refractivity contribution in [2.24, 2.45) is 5.92 Å². The Morgan fingerprint density at radius 1 is 1.08 bits per heavy atom. The largest absolute Gasteiger partial charge is 0.493 e. The molecule has 3 rings (SSSR count). The molecule has 1 aromatic rings. The van der Waals surface area contributed by atoms with Crippen LogP contribution in [0.1, 0.15) is 12.0 Å². The summed E-state index contributed by atoms with van der Waals surface area (Å²) in [6.07, 6.45) is 0.963. The third-order valence-corrected chi connectivity index (χ3v) is 5.22. The number of rotatable bonds is 6. The van der Waals surface area contributed by atoms with E-state index in [4.69, 9.17) is 14.2 Å². The van der Waals surface area contributed by atoms with Crippen LogP contribution in [0, 0.1) is 5.92 Å². The summed E-state index contributed by atoms with van der Waals surface area (Å²) in [6, 6.07) is 3.98. The lowest BCUT2D eigenvalue weighted by molar-refractivity contribution is -0.136. The zero-order valence-electron chi connectivity index (χ0n) is 15.9. The highest BCUT2D eigenvalue weighted by Gasteiger charge is 2.29. The van der Waals surface area contributed by atoms with E-state index in [-0.39, 0.29) is 5.92 Å². The van der Waals surface area contributed by atoms with Gasteiger partial charge in [-0.05, 0) is 30.7 Å². The summed E-state index contributed by atoms with van der Waals surface area (Å²) in [6.45, 7) is 5.91. The van der Waals surface area contributed by atoms with Gasteiger partial charge in [0.25, 0.3) is 0 Å². The molecule has 0 bridgehead atoms. The van der Waals surface area contributed by atoms with E-state index in [1.807, 2.05) is 17.0 Å². The molecule has 2 heterocycles. The Morgan fingerprint density at radius 2 is 1.73 bits per heavy atom. The number of methoxy groups -OCH3 is 3. The van der Waals surface area contributed by atoms with Gasteiger partial charge >= 0.3 is 0 Å². The van der Waals surface area contributed by atoms with Crippen molar-refractivity contribution >= 4 is 5.91 Å². The van der Waals surface area contributed by atoms with Crippen LogP contribution >= 0.6 is 0 Å². The highest BCUT2D eigenvalue weighted by atomic mass is 16.5. The molecule has 1 atom stereocenters. The van der Waals surface area contributed by atoms with Gasteiger partial charge in [0, 0.05) is 39.3 Å². The summed E-state index contributed by atoms with van der Waals surface area (Å²) < 4.78 is 16.2. The maximum Gasteiger partial charge on any atom is 0.227 e.